The number of hydrogen-bond acceptors (Lipinski definition) is 2. The Morgan fingerprint density at radius 2 is 1.80 bits per heavy atom. The van der Waals surface area contributed by atoms with Gasteiger partial charge in [0.2, 0.25) is 0 Å². The minimum Gasteiger partial charge on any atom is -0.342 e. The van der Waals surface area contributed by atoms with Gasteiger partial charge in [-0.15, -0.1) is 0 Å². The number of halogens is 1. The Morgan fingerprint density at radius 1 is 1.07 bits per heavy atom. The molecule has 1 unspecified atom stereocenters. The minimum atomic E-state index is -0.270. The average Bonchev–Trinajstić information content (AvgIpc) is 3.08. The fourth-order valence-electron chi connectivity index (χ4n) is 3.80. The van der Waals surface area contributed by atoms with Crippen LogP contribution in [0.5, 0.6) is 0 Å². The predicted molar refractivity (Wildman–Crippen MR) is 122 cm³/mol. The molecule has 0 spiro atoms. The molecule has 1 heterocycles. The molecule has 152 valence electrons. The molecule has 5 heteroatoms. The highest BCUT2D eigenvalue weighted by Gasteiger charge is 2.20. The number of nitrogens with one attached hydrogen (secondary N) is 1. The lowest BCUT2D eigenvalue weighted by Crippen LogP contribution is -2.29. The fourth-order valence-corrected chi connectivity index (χ4v) is 3.99. The molecule has 0 aliphatic carbocycles. The van der Waals surface area contributed by atoms with Crippen molar-refractivity contribution in [1.82, 2.24) is 14.9 Å². The van der Waals surface area contributed by atoms with Gasteiger partial charge in [0.15, 0.2) is 0 Å². The van der Waals surface area contributed by atoms with E-state index in [0.717, 1.165) is 33.5 Å². The van der Waals surface area contributed by atoms with E-state index in [4.69, 9.17) is 16.6 Å². The molecule has 0 fully saturated rings. The molecule has 1 aromatic heterocycles. The molecule has 1 atom stereocenters. The Morgan fingerprint density at radius 3 is 2.57 bits per heavy atom. The zero-order chi connectivity index (χ0) is 21.3. The van der Waals surface area contributed by atoms with Crippen LogP contribution in [0.3, 0.4) is 0 Å². The molecule has 4 aromatic rings. The Kier molecular flexibility index (Phi) is 5.60. The first-order chi connectivity index (χ1) is 14.4. The van der Waals surface area contributed by atoms with Gasteiger partial charge in [-0.2, -0.15) is 0 Å². The summed E-state index contributed by atoms with van der Waals surface area (Å²) in [4.78, 5) is 17.8. The number of para-hydroxylation sites is 2. The average molecular weight is 418 g/mol. The van der Waals surface area contributed by atoms with Gasteiger partial charge in [0, 0.05) is 10.6 Å². The summed E-state index contributed by atoms with van der Waals surface area (Å²) in [5.74, 6) is 0.700. The molecule has 0 radical (unpaired) electrons. The quantitative estimate of drug-likeness (QED) is 0.443. The van der Waals surface area contributed by atoms with Crippen LogP contribution in [0.15, 0.2) is 66.7 Å². The molecule has 1 N–H and O–H groups in total. The Hall–Kier alpha value is -3.11. The summed E-state index contributed by atoms with van der Waals surface area (Å²) in [7, 11) is 0. The first-order valence-corrected chi connectivity index (χ1v) is 10.4. The highest BCUT2D eigenvalue weighted by molar-refractivity contribution is 6.31. The molecule has 3 aromatic carbocycles. The number of nitrogens with zero attached hydrogens (tertiary/aromatic N) is 2. The number of carbonyl (C=O) groups is 1. The summed E-state index contributed by atoms with van der Waals surface area (Å²) in [5.41, 5.74) is 5.70. The van der Waals surface area contributed by atoms with Crippen molar-refractivity contribution < 1.29 is 4.79 Å². The van der Waals surface area contributed by atoms with Gasteiger partial charge >= 0.3 is 0 Å². The summed E-state index contributed by atoms with van der Waals surface area (Å²) in [6.07, 6.45) is 0. The third-order valence-corrected chi connectivity index (χ3v) is 5.70. The minimum absolute atomic E-state index is 0.101. The molecule has 1 amide bonds. The van der Waals surface area contributed by atoms with Crippen LogP contribution >= 0.6 is 11.6 Å². The predicted octanol–water partition coefficient (Wildman–Crippen LogP) is 5.85. The number of hydrogen-bond donors (Lipinski definition) is 1. The van der Waals surface area contributed by atoms with Crippen molar-refractivity contribution in [1.29, 1.82) is 0 Å². The molecular formula is C25H24ClN3O. The lowest BCUT2D eigenvalue weighted by atomic mass is 10.0. The molecule has 4 nitrogen and oxygen atoms in total. The van der Waals surface area contributed by atoms with Crippen molar-refractivity contribution in [2.24, 2.45) is 0 Å². The number of benzene rings is 3. The number of aromatic nitrogens is 2. The number of aryl methyl sites for hydroxylation is 2. The number of carbonyl (C=O) groups excluding carboxylic acids is 1. The Balaban J connectivity index is 1.69. The monoisotopic (exact) mass is 417 g/mol. The van der Waals surface area contributed by atoms with Crippen molar-refractivity contribution in [3.63, 3.8) is 0 Å². The zero-order valence-corrected chi connectivity index (χ0v) is 18.1. The standard InChI is InChI=1S/C25H24ClN3O/c1-16-12-13-20(17(2)14-16)25(30)27-18(3)24-28-22-10-6-7-11-23(22)29(24)15-19-8-4-5-9-21(19)26/h4-14,18H,15H2,1-3H3,(H,27,30). The molecule has 0 saturated heterocycles. The van der Waals surface area contributed by atoms with Crippen LogP contribution in [-0.2, 0) is 6.54 Å². The van der Waals surface area contributed by atoms with Crippen LogP contribution < -0.4 is 5.32 Å². The van der Waals surface area contributed by atoms with Gasteiger partial charge in [0.1, 0.15) is 5.82 Å². The van der Waals surface area contributed by atoms with Gasteiger partial charge in [0.25, 0.3) is 5.91 Å². The van der Waals surface area contributed by atoms with Crippen molar-refractivity contribution in [3.05, 3.63) is 99.8 Å². The summed E-state index contributed by atoms with van der Waals surface area (Å²) >= 11 is 6.42. The van der Waals surface area contributed by atoms with Crippen molar-refractivity contribution >= 4 is 28.5 Å². The van der Waals surface area contributed by atoms with Crippen LogP contribution in [0.2, 0.25) is 5.02 Å². The maximum Gasteiger partial charge on any atom is 0.252 e. The number of imidazole rings is 1. The first-order valence-electron chi connectivity index (χ1n) is 10.0. The van der Waals surface area contributed by atoms with Crippen LogP contribution in [0.4, 0.5) is 0 Å². The van der Waals surface area contributed by atoms with E-state index in [1.165, 1.54) is 0 Å². The number of rotatable bonds is 5. The smallest absolute Gasteiger partial charge is 0.252 e. The van der Waals surface area contributed by atoms with Gasteiger partial charge in [-0.3, -0.25) is 4.79 Å². The van der Waals surface area contributed by atoms with E-state index in [1.54, 1.807) is 0 Å². The number of amides is 1. The summed E-state index contributed by atoms with van der Waals surface area (Å²) < 4.78 is 2.13. The van der Waals surface area contributed by atoms with Gasteiger partial charge in [0.05, 0.1) is 23.6 Å². The fraction of sp³-hybridized carbons (Fsp3) is 0.200. The van der Waals surface area contributed by atoms with Crippen LogP contribution in [0, 0.1) is 13.8 Å². The van der Waals surface area contributed by atoms with E-state index < -0.39 is 0 Å². The Bertz CT molecular complexity index is 1230. The molecular weight excluding hydrogens is 394 g/mol. The maximum atomic E-state index is 12.9. The van der Waals surface area contributed by atoms with Crippen molar-refractivity contribution in [2.75, 3.05) is 0 Å². The van der Waals surface area contributed by atoms with E-state index in [9.17, 15) is 4.79 Å². The van der Waals surface area contributed by atoms with Gasteiger partial charge in [-0.05, 0) is 56.2 Å². The van der Waals surface area contributed by atoms with E-state index >= 15 is 0 Å². The highest BCUT2D eigenvalue weighted by Crippen LogP contribution is 2.25. The summed E-state index contributed by atoms with van der Waals surface area (Å²) in [6, 6.07) is 21.4. The maximum absolute atomic E-state index is 12.9. The first kappa shape index (κ1) is 20.2. The van der Waals surface area contributed by atoms with Crippen LogP contribution in [-0.4, -0.2) is 15.5 Å². The second-order valence-corrected chi connectivity index (χ2v) is 8.06. The molecule has 0 aliphatic heterocycles. The third kappa shape index (κ3) is 3.96. The van der Waals surface area contributed by atoms with Gasteiger partial charge < -0.3 is 9.88 Å². The summed E-state index contributed by atoms with van der Waals surface area (Å²) in [6.45, 7) is 6.53. The lowest BCUT2D eigenvalue weighted by molar-refractivity contribution is 0.0937. The topological polar surface area (TPSA) is 46.9 Å². The van der Waals surface area contributed by atoms with Crippen molar-refractivity contribution in [2.45, 2.75) is 33.4 Å². The normalized spacial score (nSPS) is 12.1. The molecule has 0 saturated carbocycles. The second-order valence-electron chi connectivity index (χ2n) is 7.65. The van der Waals surface area contributed by atoms with Crippen LogP contribution in [0.25, 0.3) is 11.0 Å². The molecule has 0 aliphatic rings. The van der Waals surface area contributed by atoms with E-state index in [1.807, 2.05) is 87.5 Å². The van der Waals surface area contributed by atoms with E-state index in [-0.39, 0.29) is 11.9 Å². The van der Waals surface area contributed by atoms with Crippen LogP contribution in [0.1, 0.15) is 45.8 Å². The highest BCUT2D eigenvalue weighted by atomic mass is 35.5. The third-order valence-electron chi connectivity index (χ3n) is 5.33. The largest absolute Gasteiger partial charge is 0.342 e. The Labute approximate surface area is 181 Å². The zero-order valence-electron chi connectivity index (χ0n) is 17.3. The lowest BCUT2D eigenvalue weighted by Gasteiger charge is -2.18. The SMILES string of the molecule is Cc1ccc(C(=O)NC(C)c2nc3ccccc3n2Cc2ccccc2Cl)c(C)c1. The van der Waals surface area contributed by atoms with Crippen molar-refractivity contribution in [3.8, 4) is 0 Å². The molecule has 30 heavy (non-hydrogen) atoms. The molecule has 0 bridgehead atoms. The second kappa shape index (κ2) is 8.33. The van der Waals surface area contributed by atoms with E-state index in [2.05, 4.69) is 9.88 Å². The number of fused-ring (bicyclic) bond motifs is 1. The molecule has 4 rings (SSSR count). The van der Waals surface area contributed by atoms with E-state index in [0.29, 0.717) is 17.1 Å². The van der Waals surface area contributed by atoms with Gasteiger partial charge in [-0.1, -0.05) is 59.6 Å². The van der Waals surface area contributed by atoms with Gasteiger partial charge in [-0.25, -0.2) is 4.98 Å². The summed E-state index contributed by atoms with van der Waals surface area (Å²) in [5, 5.41) is 3.84.